The average molecular weight is 555 g/mol. The molecule has 0 aliphatic carbocycles. The Morgan fingerprint density at radius 3 is 2.41 bits per heavy atom. The van der Waals surface area contributed by atoms with Crippen molar-refractivity contribution in [1.82, 2.24) is 24.5 Å². The number of nitrogens with zero attached hydrogens (tertiary/aromatic N) is 5. The number of aromatic nitrogens is 4. The van der Waals surface area contributed by atoms with Gasteiger partial charge in [0.1, 0.15) is 17.0 Å². The molecule has 2 aliphatic rings. The molecular formula is C32H38N6O3. The van der Waals surface area contributed by atoms with Gasteiger partial charge < -0.3 is 9.47 Å². The van der Waals surface area contributed by atoms with E-state index >= 15 is 0 Å². The maximum Gasteiger partial charge on any atom is 0.412 e. The summed E-state index contributed by atoms with van der Waals surface area (Å²) in [6.07, 6.45) is 9.78. The molecule has 6 rings (SSSR count). The molecule has 9 nitrogen and oxygen atoms in total. The maximum atomic E-state index is 12.5. The Kier molecular flexibility index (Phi) is 7.15. The van der Waals surface area contributed by atoms with Gasteiger partial charge in [0.05, 0.1) is 18.4 Å². The molecule has 3 aromatic heterocycles. The van der Waals surface area contributed by atoms with Gasteiger partial charge in [-0.2, -0.15) is 5.10 Å². The van der Waals surface area contributed by atoms with E-state index in [1.807, 2.05) is 57.3 Å². The number of anilines is 1. The van der Waals surface area contributed by atoms with E-state index < -0.39 is 11.7 Å². The van der Waals surface area contributed by atoms with Crippen LogP contribution in [0.1, 0.15) is 65.0 Å². The highest BCUT2D eigenvalue weighted by Gasteiger charge is 2.41. The van der Waals surface area contributed by atoms with E-state index in [2.05, 4.69) is 32.7 Å². The number of hydrogen-bond donors (Lipinski definition) is 1. The normalized spacial score (nSPS) is 20.8. The predicted octanol–water partition coefficient (Wildman–Crippen LogP) is 6.54. The summed E-state index contributed by atoms with van der Waals surface area (Å²) in [4.78, 5) is 24.2. The highest BCUT2D eigenvalue weighted by atomic mass is 16.6. The van der Waals surface area contributed by atoms with Crippen LogP contribution in [-0.2, 0) is 4.74 Å². The van der Waals surface area contributed by atoms with Crippen LogP contribution in [0.25, 0.3) is 28.0 Å². The second-order valence-electron chi connectivity index (χ2n) is 12.0. The van der Waals surface area contributed by atoms with Crippen LogP contribution in [0.3, 0.4) is 0 Å². The Hall–Kier alpha value is -3.98. The van der Waals surface area contributed by atoms with E-state index in [9.17, 15) is 4.79 Å². The van der Waals surface area contributed by atoms with Gasteiger partial charge in [-0.05, 0) is 88.9 Å². The lowest BCUT2D eigenvalue weighted by Gasteiger charge is -2.38. The number of piperidine rings is 1. The molecule has 2 unspecified atom stereocenters. The van der Waals surface area contributed by atoms with E-state index in [4.69, 9.17) is 19.6 Å². The molecule has 0 spiro atoms. The van der Waals surface area contributed by atoms with Crippen LogP contribution in [0.15, 0.2) is 55.0 Å². The third-order valence-corrected chi connectivity index (χ3v) is 8.30. The minimum Gasteiger partial charge on any atom is -0.495 e. The highest BCUT2D eigenvalue weighted by molar-refractivity contribution is 5.93. The second-order valence-corrected chi connectivity index (χ2v) is 12.0. The largest absolute Gasteiger partial charge is 0.495 e. The van der Waals surface area contributed by atoms with Gasteiger partial charge >= 0.3 is 6.09 Å². The smallest absolute Gasteiger partial charge is 0.412 e. The molecule has 2 bridgehead atoms. The summed E-state index contributed by atoms with van der Waals surface area (Å²) in [5.74, 6) is 0.946. The SMILES string of the molecule is CCN1C2CCC1CC(c1ccnc3c(-c4ccc(NC(=O)OC(C)(C)C)c(OC)c4)c(-c4ccncc4)nn13)C2. The number of amides is 1. The van der Waals surface area contributed by atoms with Crippen LogP contribution < -0.4 is 10.1 Å². The number of rotatable bonds is 6. The first-order valence-electron chi connectivity index (χ1n) is 14.5. The second kappa shape index (κ2) is 10.8. The zero-order chi connectivity index (χ0) is 28.7. The van der Waals surface area contributed by atoms with E-state index in [0.29, 0.717) is 29.4 Å². The number of benzene rings is 1. The summed E-state index contributed by atoms with van der Waals surface area (Å²) < 4.78 is 13.2. The molecule has 1 amide bonds. The first-order valence-corrected chi connectivity index (χ1v) is 14.5. The lowest BCUT2D eigenvalue weighted by atomic mass is 9.88. The summed E-state index contributed by atoms with van der Waals surface area (Å²) in [5.41, 5.74) is 5.52. The van der Waals surface area contributed by atoms with Gasteiger partial charge in [-0.3, -0.25) is 15.2 Å². The van der Waals surface area contributed by atoms with Gasteiger partial charge in [-0.15, -0.1) is 0 Å². The number of fused-ring (bicyclic) bond motifs is 3. The van der Waals surface area contributed by atoms with Crippen LogP contribution in [0.2, 0.25) is 0 Å². The minimum absolute atomic E-state index is 0.425. The predicted molar refractivity (Wildman–Crippen MR) is 159 cm³/mol. The van der Waals surface area contributed by atoms with Crippen LogP contribution in [0.5, 0.6) is 5.75 Å². The molecule has 1 aromatic carbocycles. The van der Waals surface area contributed by atoms with Crippen molar-refractivity contribution in [2.45, 2.75) is 77.0 Å². The molecule has 5 heterocycles. The van der Waals surface area contributed by atoms with E-state index in [1.54, 1.807) is 19.5 Å². The van der Waals surface area contributed by atoms with Crippen molar-refractivity contribution in [1.29, 1.82) is 0 Å². The van der Waals surface area contributed by atoms with Gasteiger partial charge in [0.25, 0.3) is 0 Å². The lowest BCUT2D eigenvalue weighted by Crippen LogP contribution is -2.42. The Labute approximate surface area is 240 Å². The van der Waals surface area contributed by atoms with Gasteiger partial charge in [0, 0.05) is 47.8 Å². The zero-order valence-electron chi connectivity index (χ0n) is 24.4. The average Bonchev–Trinajstić information content (AvgIpc) is 3.46. The van der Waals surface area contributed by atoms with Crippen molar-refractivity contribution in [3.63, 3.8) is 0 Å². The number of ether oxygens (including phenoxy) is 2. The molecule has 9 heteroatoms. The highest BCUT2D eigenvalue weighted by Crippen LogP contribution is 2.44. The summed E-state index contributed by atoms with van der Waals surface area (Å²) in [7, 11) is 1.59. The van der Waals surface area contributed by atoms with Crippen molar-refractivity contribution in [2.24, 2.45) is 0 Å². The molecule has 2 saturated heterocycles. The first-order chi connectivity index (χ1) is 19.8. The quantitative estimate of drug-likeness (QED) is 0.289. The molecule has 2 aliphatic heterocycles. The molecule has 0 radical (unpaired) electrons. The van der Waals surface area contributed by atoms with Crippen molar-refractivity contribution < 1.29 is 14.3 Å². The third kappa shape index (κ3) is 5.26. The fourth-order valence-electron chi connectivity index (χ4n) is 6.65. The van der Waals surface area contributed by atoms with Gasteiger partial charge in [-0.1, -0.05) is 13.0 Å². The summed E-state index contributed by atoms with van der Waals surface area (Å²) in [6.45, 7) is 8.89. The van der Waals surface area contributed by atoms with Gasteiger partial charge in [0.15, 0.2) is 5.65 Å². The number of methoxy groups -OCH3 is 1. The van der Waals surface area contributed by atoms with Crippen LogP contribution in [0.4, 0.5) is 10.5 Å². The molecule has 41 heavy (non-hydrogen) atoms. The van der Waals surface area contributed by atoms with Gasteiger partial charge in [-0.25, -0.2) is 14.3 Å². The topological polar surface area (TPSA) is 93.9 Å². The van der Waals surface area contributed by atoms with Crippen molar-refractivity contribution in [3.05, 3.63) is 60.7 Å². The standard InChI is InChI=1S/C32H38N6O3/c1-6-37-23-8-9-24(37)18-22(17-23)26-13-16-34-30-28(29(36-38(26)30)20-11-14-33-15-12-20)21-7-10-25(27(19-21)40-5)35-31(39)41-32(2,3)4/h7,10-16,19,22-24H,6,8-9,17-18H2,1-5H3,(H,35,39). The molecule has 1 N–H and O–H groups in total. The van der Waals surface area contributed by atoms with Gasteiger partial charge in [0.2, 0.25) is 0 Å². The Morgan fingerprint density at radius 1 is 1.02 bits per heavy atom. The van der Waals surface area contributed by atoms with Crippen LogP contribution in [-0.4, -0.2) is 61.9 Å². The van der Waals surface area contributed by atoms with Crippen molar-refractivity contribution in [2.75, 3.05) is 19.0 Å². The number of nitrogens with one attached hydrogen (secondary N) is 1. The number of carbonyl (C=O) groups excluding carboxylic acids is 1. The maximum absolute atomic E-state index is 12.5. The molecule has 2 fully saturated rings. The Morgan fingerprint density at radius 2 is 1.76 bits per heavy atom. The first kappa shape index (κ1) is 27.2. The minimum atomic E-state index is -0.607. The van der Waals surface area contributed by atoms with Crippen molar-refractivity contribution >= 4 is 17.4 Å². The summed E-state index contributed by atoms with van der Waals surface area (Å²) in [5, 5.41) is 8.01. The van der Waals surface area contributed by atoms with E-state index in [1.165, 1.54) is 18.5 Å². The lowest BCUT2D eigenvalue weighted by molar-refractivity contribution is 0.0635. The number of hydrogen-bond acceptors (Lipinski definition) is 7. The fraction of sp³-hybridized carbons (Fsp3) is 0.438. The van der Waals surface area contributed by atoms with E-state index in [-0.39, 0.29) is 0 Å². The Bertz CT molecular complexity index is 1550. The van der Waals surface area contributed by atoms with Crippen molar-refractivity contribution in [3.8, 4) is 28.1 Å². The molecular weight excluding hydrogens is 516 g/mol. The number of carbonyl (C=O) groups is 1. The van der Waals surface area contributed by atoms with Crippen LogP contribution >= 0.6 is 0 Å². The molecule has 214 valence electrons. The molecule has 2 atom stereocenters. The summed E-state index contributed by atoms with van der Waals surface area (Å²) >= 11 is 0. The zero-order valence-corrected chi connectivity index (χ0v) is 24.4. The molecule has 0 saturated carbocycles. The Balaban J connectivity index is 1.44. The number of pyridine rings is 1. The third-order valence-electron chi connectivity index (χ3n) is 8.30. The van der Waals surface area contributed by atoms with Crippen LogP contribution in [0, 0.1) is 0 Å². The monoisotopic (exact) mass is 554 g/mol. The fourth-order valence-corrected chi connectivity index (χ4v) is 6.65. The van der Waals surface area contributed by atoms with E-state index in [0.717, 1.165) is 47.4 Å². The molecule has 4 aromatic rings. The summed E-state index contributed by atoms with van der Waals surface area (Å²) in [6, 6.07) is 13.1.